The second kappa shape index (κ2) is 6.65. The zero-order valence-electron chi connectivity index (χ0n) is 14.3. The zero-order valence-corrected chi connectivity index (χ0v) is 15.2. The molecule has 0 saturated carbocycles. The van der Waals surface area contributed by atoms with Crippen molar-refractivity contribution in [2.45, 2.75) is 0 Å². The topological polar surface area (TPSA) is 101 Å². The molecule has 0 saturated heterocycles. The molecule has 0 aliphatic carbocycles. The van der Waals surface area contributed by atoms with Gasteiger partial charge in [-0.2, -0.15) is 0 Å². The highest BCUT2D eigenvalue weighted by Gasteiger charge is 2.36. The second-order valence-electron chi connectivity index (χ2n) is 5.81. The number of thiazole rings is 1. The van der Waals surface area contributed by atoms with E-state index in [1.54, 1.807) is 49.5 Å². The molecule has 3 N–H and O–H groups in total. The van der Waals surface area contributed by atoms with E-state index in [0.29, 0.717) is 27.6 Å². The Kier molecular flexibility index (Phi) is 4.17. The van der Waals surface area contributed by atoms with Gasteiger partial charge in [0.1, 0.15) is 0 Å². The number of aliphatic imine (C=N–C) groups is 1. The highest BCUT2D eigenvalue weighted by Crippen LogP contribution is 2.32. The fourth-order valence-electron chi connectivity index (χ4n) is 2.86. The van der Waals surface area contributed by atoms with Crippen molar-refractivity contribution in [3.63, 3.8) is 0 Å². The molecule has 0 fully saturated rings. The van der Waals surface area contributed by atoms with Crippen molar-refractivity contribution >= 4 is 39.9 Å². The number of hydrogen-bond acceptors (Lipinski definition) is 5. The van der Waals surface area contributed by atoms with Crippen LogP contribution in [-0.4, -0.2) is 29.8 Å². The van der Waals surface area contributed by atoms with Crippen molar-refractivity contribution in [3.8, 4) is 11.3 Å². The average Bonchev–Trinajstić information content (AvgIpc) is 3.25. The Labute approximate surface area is 159 Å². The van der Waals surface area contributed by atoms with Gasteiger partial charge in [-0.15, -0.1) is 11.3 Å². The largest absolute Gasteiger partial charge is 0.370 e. The number of hydrogen-bond donors (Lipinski definition) is 2. The van der Waals surface area contributed by atoms with E-state index in [2.05, 4.69) is 15.3 Å². The van der Waals surface area contributed by atoms with Gasteiger partial charge in [-0.1, -0.05) is 24.3 Å². The predicted octanol–water partition coefficient (Wildman–Crippen LogP) is 2.97. The fourth-order valence-corrected chi connectivity index (χ4v) is 3.58. The van der Waals surface area contributed by atoms with E-state index >= 15 is 0 Å². The minimum absolute atomic E-state index is 0.274. The molecule has 0 spiro atoms. The van der Waals surface area contributed by atoms with Crippen LogP contribution in [-0.2, 0) is 0 Å². The number of amides is 2. The highest BCUT2D eigenvalue weighted by atomic mass is 32.1. The van der Waals surface area contributed by atoms with Gasteiger partial charge in [-0.25, -0.2) is 9.88 Å². The van der Waals surface area contributed by atoms with Crippen molar-refractivity contribution in [2.75, 3.05) is 17.3 Å². The first kappa shape index (κ1) is 16.9. The summed E-state index contributed by atoms with van der Waals surface area (Å²) >= 11 is 1.39. The molecular weight excluding hydrogens is 362 g/mol. The van der Waals surface area contributed by atoms with Crippen molar-refractivity contribution in [3.05, 3.63) is 65.0 Å². The molecule has 0 radical (unpaired) electrons. The predicted molar refractivity (Wildman–Crippen MR) is 106 cm³/mol. The first-order chi connectivity index (χ1) is 13.1. The van der Waals surface area contributed by atoms with Crippen molar-refractivity contribution in [1.82, 2.24) is 4.98 Å². The summed E-state index contributed by atoms with van der Waals surface area (Å²) in [5.41, 5.74) is 8.51. The van der Waals surface area contributed by atoms with Gasteiger partial charge in [0.05, 0.1) is 22.5 Å². The maximum Gasteiger partial charge on any atom is 0.266 e. The lowest BCUT2D eigenvalue weighted by molar-refractivity contribution is 0.0926. The minimum Gasteiger partial charge on any atom is -0.370 e. The number of benzene rings is 2. The number of aromatic nitrogens is 1. The van der Waals surface area contributed by atoms with Crippen LogP contribution in [0.4, 0.5) is 10.8 Å². The summed E-state index contributed by atoms with van der Waals surface area (Å²) in [6.07, 6.45) is 0. The van der Waals surface area contributed by atoms with E-state index in [4.69, 9.17) is 5.73 Å². The summed E-state index contributed by atoms with van der Waals surface area (Å²) in [6, 6.07) is 14.0. The molecule has 1 aromatic heterocycles. The van der Waals surface area contributed by atoms with Gasteiger partial charge >= 0.3 is 0 Å². The van der Waals surface area contributed by atoms with Crippen LogP contribution in [0.25, 0.3) is 11.3 Å². The third-order valence-corrected chi connectivity index (χ3v) is 4.93. The number of nitrogens with zero attached hydrogens (tertiary/aromatic N) is 3. The summed E-state index contributed by atoms with van der Waals surface area (Å²) < 4.78 is 0. The van der Waals surface area contributed by atoms with Crippen LogP contribution >= 0.6 is 11.3 Å². The molecule has 0 unspecified atom stereocenters. The van der Waals surface area contributed by atoms with E-state index in [1.165, 1.54) is 16.2 Å². The van der Waals surface area contributed by atoms with Crippen molar-refractivity contribution in [1.29, 1.82) is 0 Å². The molecule has 2 heterocycles. The molecular formula is C19H15N5O2S. The summed E-state index contributed by atoms with van der Waals surface area (Å²) in [5.74, 6) is -0.365. The maximum atomic E-state index is 12.7. The van der Waals surface area contributed by atoms with Crippen LogP contribution in [0, 0.1) is 0 Å². The fraction of sp³-hybridized carbons (Fsp3) is 0.0526. The molecule has 8 heteroatoms. The molecule has 7 nitrogen and oxygen atoms in total. The number of fused-ring (bicyclic) bond motifs is 1. The lowest BCUT2D eigenvalue weighted by Crippen LogP contribution is -2.29. The third kappa shape index (κ3) is 2.96. The van der Waals surface area contributed by atoms with Crippen LogP contribution in [0.15, 0.2) is 58.9 Å². The van der Waals surface area contributed by atoms with E-state index in [-0.39, 0.29) is 17.8 Å². The monoisotopic (exact) mass is 377 g/mol. The molecule has 134 valence electrons. The van der Waals surface area contributed by atoms with E-state index in [1.807, 2.05) is 11.4 Å². The molecule has 2 amide bonds. The van der Waals surface area contributed by atoms with Crippen molar-refractivity contribution in [2.24, 2.45) is 10.7 Å². The number of carbonyl (C=O) groups is 2. The van der Waals surface area contributed by atoms with Gasteiger partial charge in [0.25, 0.3) is 11.8 Å². The van der Waals surface area contributed by atoms with Gasteiger partial charge in [-0.3, -0.25) is 14.6 Å². The quantitative estimate of drug-likeness (QED) is 0.415. The number of guanidine groups is 1. The lowest BCUT2D eigenvalue weighted by Gasteiger charge is -2.14. The van der Waals surface area contributed by atoms with Crippen LogP contribution < -0.4 is 16.0 Å². The Balaban J connectivity index is 1.66. The number of nitrogens with two attached hydrogens (primary N) is 1. The molecule has 1 aliphatic rings. The Morgan fingerprint density at radius 1 is 1.11 bits per heavy atom. The standard InChI is InChI=1S/C19H15N5O2S/c1-21-18(20)23-19-22-15(10-27-19)11-5-4-6-12(9-11)24-16(25)13-7-2-3-8-14(13)17(24)26/h2-10H,1H3,(H3,20,21,22,23). The van der Waals surface area contributed by atoms with Gasteiger partial charge < -0.3 is 11.1 Å². The van der Waals surface area contributed by atoms with Crippen LogP contribution in [0.2, 0.25) is 0 Å². The molecule has 0 atom stereocenters. The first-order valence-electron chi connectivity index (χ1n) is 8.11. The van der Waals surface area contributed by atoms with Gasteiger partial charge in [0.15, 0.2) is 11.1 Å². The normalized spacial score (nSPS) is 13.8. The molecule has 27 heavy (non-hydrogen) atoms. The molecule has 2 aromatic carbocycles. The van der Waals surface area contributed by atoms with Crippen LogP contribution in [0.3, 0.4) is 0 Å². The summed E-state index contributed by atoms with van der Waals surface area (Å²) in [4.78, 5) is 34.8. The van der Waals surface area contributed by atoms with Crippen LogP contribution in [0.5, 0.6) is 0 Å². The molecule has 3 aromatic rings. The summed E-state index contributed by atoms with van der Waals surface area (Å²) in [6.45, 7) is 0. The zero-order chi connectivity index (χ0) is 19.0. The van der Waals surface area contributed by atoms with Gasteiger partial charge in [0, 0.05) is 18.0 Å². The van der Waals surface area contributed by atoms with Crippen LogP contribution in [0.1, 0.15) is 20.7 Å². The van der Waals surface area contributed by atoms with Gasteiger partial charge in [-0.05, 0) is 24.3 Å². The highest BCUT2D eigenvalue weighted by molar-refractivity contribution is 7.14. The smallest absolute Gasteiger partial charge is 0.266 e. The van der Waals surface area contributed by atoms with Crippen molar-refractivity contribution < 1.29 is 9.59 Å². The Bertz CT molecular complexity index is 1050. The molecule has 0 bridgehead atoms. The maximum absolute atomic E-state index is 12.7. The Morgan fingerprint density at radius 3 is 2.48 bits per heavy atom. The molecule has 1 aliphatic heterocycles. The first-order valence-corrected chi connectivity index (χ1v) is 8.99. The Morgan fingerprint density at radius 2 is 1.81 bits per heavy atom. The van der Waals surface area contributed by atoms with E-state index < -0.39 is 0 Å². The SMILES string of the molecule is CN=C(N)Nc1nc(-c2cccc(N3C(=O)c4ccccc4C3=O)c2)cs1. The number of carbonyl (C=O) groups excluding carboxylic acids is 2. The number of nitrogens with one attached hydrogen (secondary N) is 1. The number of anilines is 2. The number of rotatable bonds is 3. The third-order valence-electron chi connectivity index (χ3n) is 4.17. The second-order valence-corrected chi connectivity index (χ2v) is 6.67. The number of imide groups is 1. The average molecular weight is 377 g/mol. The lowest BCUT2D eigenvalue weighted by atomic mass is 10.1. The van der Waals surface area contributed by atoms with Gasteiger partial charge in [0.2, 0.25) is 0 Å². The van der Waals surface area contributed by atoms with E-state index in [9.17, 15) is 9.59 Å². The van der Waals surface area contributed by atoms with E-state index in [0.717, 1.165) is 5.56 Å². The Hall–Kier alpha value is -3.52. The minimum atomic E-state index is -0.319. The summed E-state index contributed by atoms with van der Waals surface area (Å²) in [5, 5.41) is 5.37. The molecule has 4 rings (SSSR count). The summed E-state index contributed by atoms with van der Waals surface area (Å²) in [7, 11) is 1.59.